The predicted octanol–water partition coefficient (Wildman–Crippen LogP) is 2.10. The third-order valence-corrected chi connectivity index (χ3v) is 5.32. The molecule has 0 spiro atoms. The van der Waals surface area contributed by atoms with Crippen LogP contribution in [0, 0.1) is 0 Å². The Kier molecular flexibility index (Phi) is 4.57. The summed E-state index contributed by atoms with van der Waals surface area (Å²) in [4.78, 5) is 14.8. The maximum absolute atomic E-state index is 12.3. The monoisotopic (exact) mass is 344 g/mol. The average Bonchev–Trinajstić information content (AvgIpc) is 3.03. The van der Waals surface area contributed by atoms with Gasteiger partial charge in [-0.05, 0) is 42.8 Å². The summed E-state index contributed by atoms with van der Waals surface area (Å²) in [7, 11) is -3.24. The lowest BCUT2D eigenvalue weighted by atomic mass is 10.2. The van der Waals surface area contributed by atoms with E-state index in [0.29, 0.717) is 5.56 Å². The van der Waals surface area contributed by atoms with Gasteiger partial charge in [0.25, 0.3) is 5.91 Å². The summed E-state index contributed by atoms with van der Waals surface area (Å²) >= 11 is 0. The summed E-state index contributed by atoms with van der Waals surface area (Å²) < 4.78 is 22.9. The van der Waals surface area contributed by atoms with Gasteiger partial charge in [0.2, 0.25) is 0 Å². The molecule has 6 heteroatoms. The number of carbonyl (C=O) groups is 1. The molecule has 1 aliphatic heterocycles. The first-order valence-electron chi connectivity index (χ1n) is 7.84. The van der Waals surface area contributed by atoms with Crippen LogP contribution in [0.25, 0.3) is 0 Å². The second kappa shape index (κ2) is 6.65. The van der Waals surface area contributed by atoms with Crippen molar-refractivity contribution in [3.63, 3.8) is 0 Å². The fraction of sp³-hybridized carbons (Fsp3) is 0.278. The lowest BCUT2D eigenvalue weighted by Gasteiger charge is -2.19. The zero-order chi connectivity index (χ0) is 17.2. The van der Waals surface area contributed by atoms with Crippen molar-refractivity contribution in [2.45, 2.75) is 17.4 Å². The normalized spacial score (nSPS) is 17.7. The molecule has 5 nitrogen and oxygen atoms in total. The van der Waals surface area contributed by atoms with Crippen LogP contribution >= 0.6 is 0 Å². The Balaban J connectivity index is 1.62. The molecule has 2 aromatic carbocycles. The minimum absolute atomic E-state index is 0.0901. The molecule has 1 saturated heterocycles. The lowest BCUT2D eigenvalue weighted by Crippen LogP contribution is -2.37. The summed E-state index contributed by atoms with van der Waals surface area (Å²) in [5.41, 5.74) is 1.63. The smallest absolute Gasteiger partial charge is 0.251 e. The Labute approximate surface area is 142 Å². The van der Waals surface area contributed by atoms with Crippen LogP contribution < -0.4 is 10.2 Å². The van der Waals surface area contributed by atoms with Crippen LogP contribution in [-0.4, -0.2) is 39.7 Å². The number of amides is 1. The third-order valence-electron chi connectivity index (χ3n) is 4.19. The van der Waals surface area contributed by atoms with Crippen LogP contribution in [0.3, 0.4) is 0 Å². The van der Waals surface area contributed by atoms with E-state index in [1.165, 1.54) is 12.1 Å². The highest BCUT2D eigenvalue weighted by Crippen LogP contribution is 2.20. The molecule has 24 heavy (non-hydrogen) atoms. The fourth-order valence-corrected chi connectivity index (χ4v) is 3.50. The number of nitrogens with one attached hydrogen (secondary N) is 1. The molecule has 0 aliphatic carbocycles. The molecular weight excluding hydrogens is 324 g/mol. The van der Waals surface area contributed by atoms with E-state index in [2.05, 4.69) is 22.3 Å². The number of para-hydroxylation sites is 1. The van der Waals surface area contributed by atoms with E-state index in [0.717, 1.165) is 31.5 Å². The summed E-state index contributed by atoms with van der Waals surface area (Å²) in [6.45, 7) is 1.68. The number of hydrogen-bond acceptors (Lipinski definition) is 4. The maximum Gasteiger partial charge on any atom is 0.251 e. The summed E-state index contributed by atoms with van der Waals surface area (Å²) in [5.74, 6) is -0.171. The van der Waals surface area contributed by atoms with Crippen molar-refractivity contribution >= 4 is 21.4 Å². The molecule has 0 bridgehead atoms. The van der Waals surface area contributed by atoms with Crippen molar-refractivity contribution in [2.24, 2.45) is 0 Å². The zero-order valence-corrected chi connectivity index (χ0v) is 14.3. The van der Waals surface area contributed by atoms with Crippen molar-refractivity contribution in [3.05, 3.63) is 60.2 Å². The molecule has 0 saturated carbocycles. The standard InChI is InChI=1S/C18H20N2O3S/c1-24(22,23)17-9-7-14(8-10-17)18(21)19-15-11-12-20(13-15)16-5-3-2-4-6-16/h2-10,15H,11-13H2,1H3,(H,19,21). The molecule has 1 atom stereocenters. The van der Waals surface area contributed by atoms with E-state index in [-0.39, 0.29) is 16.8 Å². The summed E-state index contributed by atoms with van der Waals surface area (Å²) in [5, 5.41) is 3.02. The highest BCUT2D eigenvalue weighted by Gasteiger charge is 2.24. The number of hydrogen-bond donors (Lipinski definition) is 1. The first-order valence-corrected chi connectivity index (χ1v) is 9.73. The van der Waals surface area contributed by atoms with Crippen LogP contribution in [0.15, 0.2) is 59.5 Å². The fourth-order valence-electron chi connectivity index (χ4n) is 2.87. The van der Waals surface area contributed by atoms with Gasteiger partial charge in [-0.2, -0.15) is 0 Å². The van der Waals surface area contributed by atoms with Crippen LogP contribution in [0.5, 0.6) is 0 Å². The minimum Gasteiger partial charge on any atom is -0.369 e. The number of benzene rings is 2. The van der Waals surface area contributed by atoms with Gasteiger partial charge in [0, 0.05) is 36.6 Å². The minimum atomic E-state index is -3.24. The van der Waals surface area contributed by atoms with Crippen LogP contribution in [-0.2, 0) is 9.84 Å². The Bertz CT molecular complexity index is 817. The highest BCUT2D eigenvalue weighted by molar-refractivity contribution is 7.90. The largest absolute Gasteiger partial charge is 0.369 e. The van der Waals surface area contributed by atoms with E-state index in [1.807, 2.05) is 18.2 Å². The number of nitrogens with zero attached hydrogens (tertiary/aromatic N) is 1. The third kappa shape index (κ3) is 3.76. The van der Waals surface area contributed by atoms with Gasteiger partial charge in [-0.25, -0.2) is 8.42 Å². The molecule has 2 aromatic rings. The van der Waals surface area contributed by atoms with E-state index in [9.17, 15) is 13.2 Å². The first-order chi connectivity index (χ1) is 11.4. The number of sulfone groups is 1. The first kappa shape index (κ1) is 16.5. The molecule has 1 amide bonds. The van der Waals surface area contributed by atoms with E-state index < -0.39 is 9.84 Å². The highest BCUT2D eigenvalue weighted by atomic mass is 32.2. The molecule has 1 unspecified atom stereocenters. The van der Waals surface area contributed by atoms with Crippen molar-refractivity contribution in [2.75, 3.05) is 24.2 Å². The lowest BCUT2D eigenvalue weighted by molar-refractivity contribution is 0.0940. The molecule has 1 heterocycles. The predicted molar refractivity (Wildman–Crippen MR) is 94.1 cm³/mol. The van der Waals surface area contributed by atoms with Crippen molar-refractivity contribution < 1.29 is 13.2 Å². The average molecular weight is 344 g/mol. The number of rotatable bonds is 4. The quantitative estimate of drug-likeness (QED) is 0.922. The van der Waals surface area contributed by atoms with Crippen LogP contribution in [0.1, 0.15) is 16.8 Å². The van der Waals surface area contributed by atoms with Gasteiger partial charge >= 0.3 is 0 Å². The molecule has 0 aromatic heterocycles. The van der Waals surface area contributed by atoms with Gasteiger partial charge in [0.15, 0.2) is 9.84 Å². The van der Waals surface area contributed by atoms with E-state index in [1.54, 1.807) is 12.1 Å². The van der Waals surface area contributed by atoms with Gasteiger partial charge in [0.1, 0.15) is 0 Å². The van der Waals surface area contributed by atoms with Gasteiger partial charge < -0.3 is 10.2 Å². The van der Waals surface area contributed by atoms with Gasteiger partial charge in [-0.3, -0.25) is 4.79 Å². The Morgan fingerprint density at radius 3 is 2.38 bits per heavy atom. The van der Waals surface area contributed by atoms with Crippen molar-refractivity contribution in [1.29, 1.82) is 0 Å². The number of carbonyl (C=O) groups excluding carboxylic acids is 1. The Morgan fingerprint density at radius 2 is 1.75 bits per heavy atom. The van der Waals surface area contributed by atoms with E-state index >= 15 is 0 Å². The molecule has 1 aliphatic rings. The van der Waals surface area contributed by atoms with Crippen molar-refractivity contribution in [1.82, 2.24) is 5.32 Å². The second-order valence-corrected chi connectivity index (χ2v) is 8.05. The molecule has 0 radical (unpaired) electrons. The molecular formula is C18H20N2O3S. The summed E-state index contributed by atoms with van der Waals surface area (Å²) in [6, 6.07) is 16.2. The molecule has 3 rings (SSSR count). The summed E-state index contributed by atoms with van der Waals surface area (Å²) in [6.07, 6.45) is 2.04. The molecule has 1 N–H and O–H groups in total. The second-order valence-electron chi connectivity index (χ2n) is 6.04. The van der Waals surface area contributed by atoms with E-state index in [4.69, 9.17) is 0 Å². The molecule has 126 valence electrons. The topological polar surface area (TPSA) is 66.5 Å². The maximum atomic E-state index is 12.3. The molecule has 1 fully saturated rings. The zero-order valence-electron chi connectivity index (χ0n) is 13.5. The van der Waals surface area contributed by atoms with Crippen LogP contribution in [0.4, 0.5) is 5.69 Å². The Morgan fingerprint density at radius 1 is 1.08 bits per heavy atom. The van der Waals surface area contributed by atoms with Gasteiger partial charge in [-0.15, -0.1) is 0 Å². The van der Waals surface area contributed by atoms with Gasteiger partial charge in [0.05, 0.1) is 4.90 Å². The van der Waals surface area contributed by atoms with Gasteiger partial charge in [-0.1, -0.05) is 18.2 Å². The Hall–Kier alpha value is -2.34. The SMILES string of the molecule is CS(=O)(=O)c1ccc(C(=O)NC2CCN(c3ccccc3)C2)cc1. The van der Waals surface area contributed by atoms with Crippen molar-refractivity contribution in [3.8, 4) is 0 Å². The van der Waals surface area contributed by atoms with Crippen LogP contribution in [0.2, 0.25) is 0 Å². The number of anilines is 1.